The minimum Gasteiger partial charge on any atom is -0.237 e. The Hall–Kier alpha value is -5.33. The van der Waals surface area contributed by atoms with Crippen LogP contribution in [0.4, 0.5) is 0 Å². The van der Waals surface area contributed by atoms with Crippen LogP contribution < -0.4 is 0 Å². The van der Waals surface area contributed by atoms with Crippen molar-refractivity contribution < 1.29 is 0 Å². The van der Waals surface area contributed by atoms with Gasteiger partial charge in [0.25, 0.3) is 0 Å². The van der Waals surface area contributed by atoms with Crippen LogP contribution in [0.3, 0.4) is 0 Å². The van der Waals surface area contributed by atoms with E-state index < -0.39 is 0 Å². The number of hydrogen-bond donors (Lipinski definition) is 0. The van der Waals surface area contributed by atoms with Crippen molar-refractivity contribution in [3.63, 3.8) is 0 Å². The number of aromatic nitrogens is 5. The summed E-state index contributed by atoms with van der Waals surface area (Å²) in [4.78, 5) is 24.1. The zero-order valence-corrected chi connectivity index (χ0v) is 22.6. The molecule has 0 amide bonds. The van der Waals surface area contributed by atoms with E-state index in [1.54, 1.807) is 17.5 Å². The quantitative estimate of drug-likeness (QED) is 0.222. The number of hydrogen-bond acceptors (Lipinski definition) is 6. The van der Waals surface area contributed by atoms with Gasteiger partial charge in [-0.15, -0.1) is 11.3 Å². The Morgan fingerprint density at radius 2 is 1.07 bits per heavy atom. The third-order valence-corrected chi connectivity index (χ3v) is 8.46. The van der Waals surface area contributed by atoms with E-state index in [0.29, 0.717) is 17.5 Å². The molecule has 0 bridgehead atoms. The summed E-state index contributed by atoms with van der Waals surface area (Å²) in [6.07, 6.45) is 3.60. The number of rotatable bonds is 4. The molecule has 0 radical (unpaired) electrons. The van der Waals surface area contributed by atoms with E-state index in [1.807, 2.05) is 72.9 Å². The standard InChI is InChI=1S/C35H21N5S/c1-3-10-22(11-4-1)32-38-33(23-12-5-2-6-13-23)40-35(39-32)29-21-24(25-17-19-37-34-27(25)15-9-18-36-34)20-28-26-14-7-8-16-30(26)41-31(28)29/h1-21H. The van der Waals surface area contributed by atoms with Crippen LogP contribution in [0.25, 0.3) is 76.5 Å². The first-order valence-electron chi connectivity index (χ1n) is 13.3. The van der Waals surface area contributed by atoms with Crippen molar-refractivity contribution in [2.24, 2.45) is 0 Å². The number of nitrogens with zero attached hydrogens (tertiary/aromatic N) is 5. The second-order valence-corrected chi connectivity index (χ2v) is 10.8. The van der Waals surface area contributed by atoms with E-state index in [0.717, 1.165) is 43.6 Å². The molecule has 4 aromatic carbocycles. The number of pyridine rings is 2. The lowest BCUT2D eigenvalue weighted by atomic mass is 9.97. The Morgan fingerprint density at radius 3 is 1.83 bits per heavy atom. The summed E-state index contributed by atoms with van der Waals surface area (Å²) < 4.78 is 2.37. The van der Waals surface area contributed by atoms with Crippen LogP contribution in [-0.2, 0) is 0 Å². The summed E-state index contributed by atoms with van der Waals surface area (Å²) in [5.41, 5.74) is 5.73. The van der Waals surface area contributed by atoms with E-state index in [1.165, 1.54) is 15.5 Å². The van der Waals surface area contributed by atoms with Crippen LogP contribution in [0.1, 0.15) is 0 Å². The fourth-order valence-corrected chi connectivity index (χ4v) is 6.51. The zero-order valence-electron chi connectivity index (χ0n) is 21.8. The summed E-state index contributed by atoms with van der Waals surface area (Å²) in [7, 11) is 0. The molecular weight excluding hydrogens is 522 g/mol. The van der Waals surface area contributed by atoms with Gasteiger partial charge < -0.3 is 0 Å². The minimum absolute atomic E-state index is 0.646. The van der Waals surface area contributed by atoms with E-state index >= 15 is 0 Å². The molecule has 8 rings (SSSR count). The summed E-state index contributed by atoms with van der Waals surface area (Å²) in [6.45, 7) is 0. The van der Waals surface area contributed by atoms with E-state index in [4.69, 9.17) is 15.0 Å². The average Bonchev–Trinajstić information content (AvgIpc) is 3.43. The molecule has 0 aliphatic heterocycles. The van der Waals surface area contributed by atoms with E-state index in [2.05, 4.69) is 58.5 Å². The first-order chi connectivity index (χ1) is 20.3. The van der Waals surface area contributed by atoms with Crippen LogP contribution in [0.2, 0.25) is 0 Å². The Morgan fingerprint density at radius 1 is 0.439 bits per heavy atom. The summed E-state index contributed by atoms with van der Waals surface area (Å²) in [6, 6.07) is 39.3. The number of fused-ring (bicyclic) bond motifs is 4. The second kappa shape index (κ2) is 9.70. The monoisotopic (exact) mass is 543 g/mol. The van der Waals surface area contributed by atoms with Gasteiger partial charge in [0.1, 0.15) is 0 Å². The lowest BCUT2D eigenvalue weighted by Gasteiger charge is -2.12. The summed E-state index contributed by atoms with van der Waals surface area (Å²) in [5, 5.41) is 3.40. The van der Waals surface area contributed by atoms with Crippen LogP contribution in [0.15, 0.2) is 128 Å². The predicted molar refractivity (Wildman–Crippen MR) is 168 cm³/mol. The van der Waals surface area contributed by atoms with Crippen molar-refractivity contribution >= 4 is 42.5 Å². The molecular formula is C35H21N5S. The maximum absolute atomic E-state index is 5.08. The van der Waals surface area contributed by atoms with Gasteiger partial charge in [-0.05, 0) is 47.5 Å². The molecule has 5 nitrogen and oxygen atoms in total. The first kappa shape index (κ1) is 23.5. The molecule has 0 aliphatic rings. The number of benzene rings is 4. The maximum atomic E-state index is 5.08. The van der Waals surface area contributed by atoms with Crippen molar-refractivity contribution in [3.8, 4) is 45.3 Å². The van der Waals surface area contributed by atoms with Gasteiger partial charge >= 0.3 is 0 Å². The lowest BCUT2D eigenvalue weighted by molar-refractivity contribution is 1.08. The Bertz CT molecular complexity index is 2150. The van der Waals surface area contributed by atoms with Gasteiger partial charge in [-0.3, -0.25) is 0 Å². The molecule has 192 valence electrons. The van der Waals surface area contributed by atoms with Gasteiger partial charge in [0.15, 0.2) is 23.1 Å². The topological polar surface area (TPSA) is 64.5 Å². The maximum Gasteiger partial charge on any atom is 0.165 e. The summed E-state index contributed by atoms with van der Waals surface area (Å²) in [5.74, 6) is 1.94. The molecule has 0 atom stereocenters. The Labute approximate surface area is 239 Å². The first-order valence-corrected chi connectivity index (χ1v) is 14.2. The molecule has 8 aromatic rings. The van der Waals surface area contributed by atoms with Gasteiger partial charge in [0.05, 0.1) is 0 Å². The van der Waals surface area contributed by atoms with Crippen molar-refractivity contribution in [1.82, 2.24) is 24.9 Å². The summed E-state index contributed by atoms with van der Waals surface area (Å²) >= 11 is 1.77. The normalized spacial score (nSPS) is 11.4. The zero-order chi connectivity index (χ0) is 27.2. The number of thiophene rings is 1. The minimum atomic E-state index is 0.646. The van der Waals surface area contributed by atoms with Gasteiger partial charge in [0, 0.05) is 54.6 Å². The molecule has 0 aliphatic carbocycles. The van der Waals surface area contributed by atoms with Crippen LogP contribution in [0.5, 0.6) is 0 Å². The van der Waals surface area contributed by atoms with E-state index in [9.17, 15) is 0 Å². The van der Waals surface area contributed by atoms with Crippen molar-refractivity contribution in [2.45, 2.75) is 0 Å². The molecule has 0 N–H and O–H groups in total. The largest absolute Gasteiger partial charge is 0.237 e. The molecule has 4 heterocycles. The Kier molecular flexibility index (Phi) is 5.57. The molecule has 0 fully saturated rings. The molecule has 41 heavy (non-hydrogen) atoms. The third-order valence-electron chi connectivity index (χ3n) is 7.24. The molecule has 0 unspecified atom stereocenters. The van der Waals surface area contributed by atoms with Crippen molar-refractivity contribution in [3.05, 3.63) is 128 Å². The van der Waals surface area contributed by atoms with Gasteiger partial charge in [-0.25, -0.2) is 24.9 Å². The van der Waals surface area contributed by atoms with Gasteiger partial charge in [-0.2, -0.15) is 0 Å². The highest BCUT2D eigenvalue weighted by Crippen LogP contribution is 2.43. The molecule has 6 heteroatoms. The fraction of sp³-hybridized carbons (Fsp3) is 0. The SMILES string of the molecule is c1ccc(-c2nc(-c3ccccc3)nc(-c3cc(-c4ccnc5ncccc45)cc4c3sc3ccccc34)n2)cc1. The van der Waals surface area contributed by atoms with Gasteiger partial charge in [0.2, 0.25) is 0 Å². The third kappa shape index (κ3) is 4.13. The highest BCUT2D eigenvalue weighted by molar-refractivity contribution is 7.26. The molecule has 0 saturated carbocycles. The molecule has 4 aromatic heterocycles. The lowest BCUT2D eigenvalue weighted by Crippen LogP contribution is -2.00. The van der Waals surface area contributed by atoms with Crippen LogP contribution >= 0.6 is 11.3 Å². The van der Waals surface area contributed by atoms with Crippen molar-refractivity contribution in [1.29, 1.82) is 0 Å². The Balaban J connectivity index is 1.46. The highest BCUT2D eigenvalue weighted by atomic mass is 32.1. The second-order valence-electron chi connectivity index (χ2n) is 9.77. The molecule has 0 spiro atoms. The predicted octanol–water partition coefficient (Wildman–Crippen LogP) is 8.85. The van der Waals surface area contributed by atoms with Crippen LogP contribution in [-0.4, -0.2) is 24.9 Å². The smallest absolute Gasteiger partial charge is 0.165 e. The molecule has 0 saturated heterocycles. The van der Waals surface area contributed by atoms with Gasteiger partial charge in [-0.1, -0.05) is 78.9 Å². The van der Waals surface area contributed by atoms with Crippen LogP contribution in [0, 0.1) is 0 Å². The average molecular weight is 544 g/mol. The van der Waals surface area contributed by atoms with Crippen molar-refractivity contribution in [2.75, 3.05) is 0 Å². The van der Waals surface area contributed by atoms with E-state index in [-0.39, 0.29) is 0 Å². The highest BCUT2D eigenvalue weighted by Gasteiger charge is 2.19. The fourth-order valence-electron chi connectivity index (χ4n) is 5.31.